The van der Waals surface area contributed by atoms with E-state index in [4.69, 9.17) is 29.5 Å². The maximum absolute atomic E-state index is 11.8. The summed E-state index contributed by atoms with van der Waals surface area (Å²) in [7, 11) is 0. The van der Waals surface area contributed by atoms with Crippen LogP contribution in [0.4, 0.5) is 4.79 Å². The Balaban J connectivity index is 1.28. The lowest BCUT2D eigenvalue weighted by Gasteiger charge is -2.09. The molecular weight excluding hydrogens is 418 g/mol. The van der Waals surface area contributed by atoms with Crippen LogP contribution in [0.2, 0.25) is 0 Å². The quantitative estimate of drug-likeness (QED) is 0.0956. The van der Waals surface area contributed by atoms with Crippen LogP contribution in [0.3, 0.4) is 0 Å². The summed E-state index contributed by atoms with van der Waals surface area (Å²) < 4.78 is 26.7. The Labute approximate surface area is 190 Å². The number of alkyl carbamates (subject to hydrolysis) is 1. The van der Waals surface area contributed by atoms with Crippen LogP contribution in [0.15, 0.2) is 0 Å². The van der Waals surface area contributed by atoms with Gasteiger partial charge in [-0.1, -0.05) is 0 Å². The van der Waals surface area contributed by atoms with Crippen LogP contribution in [-0.4, -0.2) is 78.0 Å². The fourth-order valence-electron chi connectivity index (χ4n) is 3.73. The van der Waals surface area contributed by atoms with E-state index >= 15 is 0 Å². The maximum Gasteiger partial charge on any atom is 0.407 e. The van der Waals surface area contributed by atoms with Crippen molar-refractivity contribution in [2.24, 2.45) is 23.6 Å². The molecule has 182 valence electrons. The highest BCUT2D eigenvalue weighted by Gasteiger charge is 2.49. The number of amides is 2. The first-order valence-corrected chi connectivity index (χ1v) is 11.4. The third-order valence-corrected chi connectivity index (χ3v) is 5.51. The van der Waals surface area contributed by atoms with Gasteiger partial charge in [-0.15, -0.1) is 11.8 Å². The molecule has 0 aliphatic heterocycles. The van der Waals surface area contributed by atoms with Gasteiger partial charge in [0, 0.05) is 19.4 Å². The number of carbonyl (C=O) groups is 2. The van der Waals surface area contributed by atoms with Gasteiger partial charge in [-0.2, -0.15) is 0 Å². The van der Waals surface area contributed by atoms with Crippen LogP contribution < -0.4 is 16.6 Å². The zero-order valence-corrected chi connectivity index (χ0v) is 18.8. The predicted molar refractivity (Wildman–Crippen MR) is 116 cm³/mol. The molecule has 2 amide bonds. The summed E-state index contributed by atoms with van der Waals surface area (Å²) in [5, 5.41) is 2.71. The number of fused-ring (bicyclic) bond motifs is 1. The van der Waals surface area contributed by atoms with Gasteiger partial charge in [-0.25, -0.2) is 10.6 Å². The monoisotopic (exact) mass is 455 g/mol. The number of rotatable bonds is 17. The molecule has 10 heteroatoms. The molecule has 10 nitrogen and oxygen atoms in total. The van der Waals surface area contributed by atoms with Gasteiger partial charge < -0.3 is 29.0 Å². The van der Waals surface area contributed by atoms with Crippen molar-refractivity contribution in [1.29, 1.82) is 0 Å². The van der Waals surface area contributed by atoms with Crippen molar-refractivity contribution in [2.75, 3.05) is 66.0 Å². The molecule has 1 fully saturated rings. The number of hydrogen-bond donors (Lipinski definition) is 3. The Bertz CT molecular complexity index is 590. The minimum Gasteiger partial charge on any atom is -0.449 e. The minimum absolute atomic E-state index is 0.230. The van der Waals surface area contributed by atoms with Gasteiger partial charge in [0.2, 0.25) is 5.91 Å². The van der Waals surface area contributed by atoms with Gasteiger partial charge in [0.1, 0.15) is 0 Å². The van der Waals surface area contributed by atoms with Crippen LogP contribution >= 0.6 is 0 Å². The molecule has 2 aliphatic rings. The summed E-state index contributed by atoms with van der Waals surface area (Å²) in [6.45, 7) is 4.26. The number of ether oxygens (including phenoxy) is 5. The highest BCUT2D eigenvalue weighted by molar-refractivity contribution is 5.75. The summed E-state index contributed by atoms with van der Waals surface area (Å²) in [5.74, 6) is 12.9. The zero-order chi connectivity index (χ0) is 22.9. The van der Waals surface area contributed by atoms with Crippen molar-refractivity contribution in [3.05, 3.63) is 0 Å². The Morgan fingerprint density at radius 3 is 1.91 bits per heavy atom. The number of hydrogen-bond acceptors (Lipinski definition) is 8. The van der Waals surface area contributed by atoms with E-state index in [1.54, 1.807) is 0 Å². The van der Waals surface area contributed by atoms with Crippen molar-refractivity contribution in [1.82, 2.24) is 10.7 Å². The van der Waals surface area contributed by atoms with E-state index in [0.29, 0.717) is 83.8 Å². The Kier molecular flexibility index (Phi) is 13.7. The molecule has 2 rings (SSSR count). The van der Waals surface area contributed by atoms with E-state index in [2.05, 4.69) is 17.2 Å². The Hall–Kier alpha value is -1.90. The second-order valence-electron chi connectivity index (χ2n) is 7.71. The second-order valence-corrected chi connectivity index (χ2v) is 7.71. The number of carbonyl (C=O) groups excluding carboxylic acids is 2. The highest BCUT2D eigenvalue weighted by atomic mass is 16.6. The van der Waals surface area contributed by atoms with Gasteiger partial charge >= 0.3 is 6.09 Å². The van der Waals surface area contributed by atoms with E-state index in [-0.39, 0.29) is 18.4 Å². The highest BCUT2D eigenvalue weighted by Crippen LogP contribution is 2.52. The molecule has 2 aliphatic carbocycles. The van der Waals surface area contributed by atoms with E-state index in [1.807, 2.05) is 5.43 Å². The fourth-order valence-corrected chi connectivity index (χ4v) is 3.73. The first kappa shape index (κ1) is 26.4. The number of hydrazine groups is 1. The molecule has 0 aromatic carbocycles. The topological polar surface area (TPSA) is 130 Å². The van der Waals surface area contributed by atoms with Gasteiger partial charge in [0.25, 0.3) is 0 Å². The summed E-state index contributed by atoms with van der Waals surface area (Å²) >= 11 is 0. The van der Waals surface area contributed by atoms with E-state index in [9.17, 15) is 9.59 Å². The predicted octanol–water partition coefficient (Wildman–Crippen LogP) is 0.599. The number of nitrogens with one attached hydrogen (secondary N) is 2. The lowest BCUT2D eigenvalue weighted by Crippen LogP contribution is -2.30. The third-order valence-electron chi connectivity index (χ3n) is 5.51. The van der Waals surface area contributed by atoms with E-state index in [0.717, 1.165) is 25.7 Å². The lowest BCUT2D eigenvalue weighted by molar-refractivity contribution is -0.122. The van der Waals surface area contributed by atoms with Gasteiger partial charge in [-0.05, 0) is 30.6 Å². The van der Waals surface area contributed by atoms with Crippen LogP contribution in [0, 0.1) is 29.6 Å². The minimum atomic E-state index is -0.385. The van der Waals surface area contributed by atoms with Gasteiger partial charge in [0.15, 0.2) is 0 Å². The van der Waals surface area contributed by atoms with E-state index in [1.165, 1.54) is 0 Å². The van der Waals surface area contributed by atoms with Crippen LogP contribution in [0.1, 0.15) is 32.1 Å². The normalized spacial score (nSPS) is 21.3. The standard InChI is InChI=1S/C22H37N3O7/c23-25-21(26)7-9-28-11-13-30-15-16-31-14-12-29-10-8-24-22(27)32-17-20-18-5-3-1-2-4-6-19(18)20/h18-20H,3-17,23H2,(H,24,27)(H,25,26)/t18-,19+,20?. The average molecular weight is 456 g/mol. The molecule has 0 spiro atoms. The largest absolute Gasteiger partial charge is 0.449 e. The first-order valence-electron chi connectivity index (χ1n) is 11.4. The Morgan fingerprint density at radius 2 is 1.34 bits per heavy atom. The van der Waals surface area contributed by atoms with Crippen molar-refractivity contribution >= 4 is 12.0 Å². The SMILES string of the molecule is NNC(=O)CCOCCOCCOCCOCCNC(=O)OCC1[C@H]2CCC#CCC[C@@H]12. The molecule has 0 heterocycles. The third kappa shape index (κ3) is 11.6. The lowest BCUT2D eigenvalue weighted by atomic mass is 10.1. The van der Waals surface area contributed by atoms with Crippen LogP contribution in [0.5, 0.6) is 0 Å². The summed E-state index contributed by atoms with van der Waals surface area (Å²) in [4.78, 5) is 22.7. The van der Waals surface area contributed by atoms with Crippen molar-refractivity contribution in [3.8, 4) is 11.8 Å². The van der Waals surface area contributed by atoms with Crippen molar-refractivity contribution in [2.45, 2.75) is 32.1 Å². The summed E-state index contributed by atoms with van der Waals surface area (Å²) in [5.41, 5.74) is 2.03. The fraction of sp³-hybridized carbons (Fsp3) is 0.818. The Morgan fingerprint density at radius 1 is 0.812 bits per heavy atom. The molecule has 1 unspecified atom stereocenters. The van der Waals surface area contributed by atoms with E-state index < -0.39 is 0 Å². The first-order chi connectivity index (χ1) is 15.7. The second kappa shape index (κ2) is 16.7. The molecule has 0 saturated heterocycles. The zero-order valence-electron chi connectivity index (χ0n) is 18.8. The molecule has 0 bridgehead atoms. The molecule has 4 N–H and O–H groups in total. The molecule has 0 aromatic rings. The van der Waals surface area contributed by atoms with Crippen LogP contribution in [-0.2, 0) is 28.5 Å². The molecule has 0 aromatic heterocycles. The summed E-state index contributed by atoms with van der Waals surface area (Å²) in [6, 6.07) is 0. The number of nitrogens with two attached hydrogens (primary N) is 1. The molecule has 3 atom stereocenters. The van der Waals surface area contributed by atoms with Crippen molar-refractivity contribution in [3.63, 3.8) is 0 Å². The molecule has 32 heavy (non-hydrogen) atoms. The van der Waals surface area contributed by atoms with Crippen LogP contribution in [0.25, 0.3) is 0 Å². The van der Waals surface area contributed by atoms with Crippen molar-refractivity contribution < 1.29 is 33.3 Å². The van der Waals surface area contributed by atoms with Gasteiger partial charge in [-0.3, -0.25) is 10.2 Å². The molecular formula is C22H37N3O7. The smallest absolute Gasteiger partial charge is 0.407 e. The summed E-state index contributed by atoms with van der Waals surface area (Å²) in [6.07, 6.45) is 4.02. The molecule has 0 radical (unpaired) electrons. The molecule has 1 saturated carbocycles. The average Bonchev–Trinajstić information content (AvgIpc) is 3.43. The van der Waals surface area contributed by atoms with Gasteiger partial charge in [0.05, 0.1) is 65.9 Å². The maximum atomic E-state index is 11.8.